The Morgan fingerprint density at radius 2 is 1.15 bits per heavy atom. The van der Waals surface area contributed by atoms with Crippen molar-refractivity contribution in [3.63, 3.8) is 0 Å². The smallest absolute Gasteiger partial charge is 0.872 e. The van der Waals surface area contributed by atoms with Gasteiger partial charge in [0.05, 0.1) is 22.7 Å². The molecule has 14 nitrogen and oxygen atoms in total. The van der Waals surface area contributed by atoms with Crippen molar-refractivity contribution in [2.24, 2.45) is 20.5 Å². The summed E-state index contributed by atoms with van der Waals surface area (Å²) in [7, 11) is -9.98. The molecule has 0 aromatic heterocycles. The normalized spacial score (nSPS) is 11.8. The Kier molecular flexibility index (Phi) is 13.7. The Hall–Kier alpha value is -4.20. The van der Waals surface area contributed by atoms with Crippen molar-refractivity contribution in [1.29, 1.82) is 0 Å². The van der Waals surface area contributed by atoms with Crippen molar-refractivity contribution in [2.75, 3.05) is 11.1 Å². The van der Waals surface area contributed by atoms with Crippen molar-refractivity contribution in [2.45, 2.75) is 30.6 Å². The van der Waals surface area contributed by atoms with Crippen LogP contribution in [0.15, 0.2) is 127 Å². The molecule has 0 heterocycles. The van der Waals surface area contributed by atoms with Crippen LogP contribution in [0.3, 0.4) is 0 Å². The van der Waals surface area contributed by atoms with Crippen LogP contribution in [0, 0.1) is 20.8 Å². The molecule has 0 amide bonds. The van der Waals surface area contributed by atoms with Crippen LogP contribution in [0.4, 0.5) is 39.8 Å². The summed E-state index contributed by atoms with van der Waals surface area (Å²) in [6.07, 6.45) is 0. The standard InChI is InChI=1S/C37H32N6O8S2.2Na/c1-20-6-4-5-7-27(20)39-31-18-25(44)10-13-30(31)42-40-28-11-8-23(16-21(28)2)24-9-12-29(22(3)17-24)41-43-37-34(53(49,50)51)19-26-33(52(46,47)48)15-14-32(45)35(26)36(37)38;;/h4-19,39,44-45H,38H2,1-3H3,(H,46,47,48)(H,49,50,51);;/q;2*+1/p-2. The summed E-state index contributed by atoms with van der Waals surface area (Å²) in [5.74, 6) is -0.942. The number of fused-ring (bicyclic) bond motifs is 1. The van der Waals surface area contributed by atoms with Gasteiger partial charge in [0.25, 0.3) is 20.2 Å². The Morgan fingerprint density at radius 1 is 0.600 bits per heavy atom. The number of para-hydroxylation sites is 1. The summed E-state index contributed by atoms with van der Waals surface area (Å²) in [5.41, 5.74) is 11.8. The van der Waals surface area contributed by atoms with Gasteiger partial charge in [-0.15, -0.1) is 16.0 Å². The third kappa shape index (κ3) is 9.61. The molecule has 0 aliphatic heterocycles. The SMILES string of the molecule is Cc1cc(-c2ccc(N=Nc3c(S(=O)(=O)O)cc4c(S(=O)(=O)O)ccc([O-])c4c3N)c(C)c2)ccc1N=Nc1ccc([O-])cc1Nc1ccccc1C.[Na+].[Na+]. The van der Waals surface area contributed by atoms with Gasteiger partial charge < -0.3 is 21.3 Å². The van der Waals surface area contributed by atoms with Gasteiger partial charge in [-0.1, -0.05) is 48.2 Å². The fourth-order valence-corrected chi connectivity index (χ4v) is 6.98. The predicted octanol–water partition coefficient (Wildman–Crippen LogP) is 2.24. The van der Waals surface area contributed by atoms with Gasteiger partial charge in [-0.05, 0) is 103 Å². The van der Waals surface area contributed by atoms with Crippen LogP contribution in [0.25, 0.3) is 21.9 Å². The van der Waals surface area contributed by atoms with E-state index in [0.29, 0.717) is 34.4 Å². The Balaban J connectivity index is 0.00000336. The largest absolute Gasteiger partial charge is 1.00 e. The van der Waals surface area contributed by atoms with E-state index >= 15 is 0 Å². The maximum atomic E-state index is 12.7. The van der Waals surface area contributed by atoms with Crippen LogP contribution >= 0.6 is 0 Å². The van der Waals surface area contributed by atoms with E-state index in [4.69, 9.17) is 5.73 Å². The molecule has 6 aromatic rings. The molecule has 6 rings (SSSR count). The quantitative estimate of drug-likeness (QED) is 0.0720. The molecular weight excluding hydrogens is 767 g/mol. The minimum absolute atomic E-state index is 0. The first-order valence-electron chi connectivity index (χ1n) is 15.7. The van der Waals surface area contributed by atoms with Crippen molar-refractivity contribution < 1.29 is 95.3 Å². The number of benzene rings is 6. The van der Waals surface area contributed by atoms with E-state index in [9.17, 15) is 36.2 Å². The van der Waals surface area contributed by atoms with Crippen LogP contribution in [0.1, 0.15) is 16.7 Å². The molecule has 0 radical (unpaired) electrons. The number of hydrogen-bond acceptors (Lipinski definition) is 12. The van der Waals surface area contributed by atoms with Gasteiger partial charge in [-0.25, -0.2) is 0 Å². The number of rotatable bonds is 9. The number of nitrogen functional groups attached to an aromatic ring is 1. The average Bonchev–Trinajstić information content (AvgIpc) is 3.08. The number of hydrogen-bond donors (Lipinski definition) is 4. The van der Waals surface area contributed by atoms with Gasteiger partial charge in [0.1, 0.15) is 21.2 Å². The number of azo groups is 2. The molecule has 0 bridgehead atoms. The van der Waals surface area contributed by atoms with Crippen LogP contribution in [0.5, 0.6) is 11.5 Å². The molecule has 0 fully saturated rings. The van der Waals surface area contributed by atoms with E-state index in [2.05, 4.69) is 25.8 Å². The van der Waals surface area contributed by atoms with Crippen LogP contribution < -0.4 is 80.4 Å². The second kappa shape index (κ2) is 17.3. The van der Waals surface area contributed by atoms with Crippen molar-refractivity contribution in [3.8, 4) is 22.6 Å². The molecule has 0 aliphatic carbocycles. The maximum Gasteiger partial charge on any atom is 1.00 e. The molecule has 0 spiro atoms. The molecule has 0 unspecified atom stereocenters. The van der Waals surface area contributed by atoms with Crippen molar-refractivity contribution >= 4 is 70.8 Å². The number of nitrogens with two attached hydrogens (primary N) is 1. The molecule has 0 saturated carbocycles. The van der Waals surface area contributed by atoms with Crippen LogP contribution in [-0.4, -0.2) is 25.9 Å². The van der Waals surface area contributed by atoms with Gasteiger partial charge in [0.2, 0.25) is 0 Å². The Labute approximate surface area is 361 Å². The van der Waals surface area contributed by atoms with Crippen LogP contribution in [-0.2, 0) is 20.2 Å². The van der Waals surface area contributed by atoms with E-state index in [1.165, 1.54) is 12.1 Å². The van der Waals surface area contributed by atoms with Gasteiger partial charge in [-0.3, -0.25) is 9.11 Å². The summed E-state index contributed by atoms with van der Waals surface area (Å²) in [4.78, 5) is -1.69. The first kappa shape index (κ1) is 43.5. The van der Waals surface area contributed by atoms with Gasteiger partial charge >= 0.3 is 59.1 Å². The topological polar surface area (TPSA) is 242 Å². The fraction of sp³-hybridized carbons (Fsp3) is 0.0811. The van der Waals surface area contributed by atoms with E-state index in [1.54, 1.807) is 25.1 Å². The first-order chi connectivity index (χ1) is 25.0. The maximum absolute atomic E-state index is 12.7. The average molecular weight is 797 g/mol. The molecule has 0 atom stereocenters. The minimum Gasteiger partial charge on any atom is -0.872 e. The zero-order valence-electron chi connectivity index (χ0n) is 30.3. The first-order valence-corrected chi connectivity index (χ1v) is 18.6. The van der Waals surface area contributed by atoms with E-state index in [1.807, 2.05) is 62.4 Å². The second-order valence-corrected chi connectivity index (χ2v) is 14.9. The monoisotopic (exact) mass is 796 g/mol. The summed E-state index contributed by atoms with van der Waals surface area (Å²) in [6.45, 7) is 5.58. The molecule has 270 valence electrons. The summed E-state index contributed by atoms with van der Waals surface area (Å²) in [6, 6.07) is 25.3. The van der Waals surface area contributed by atoms with Gasteiger partial charge in [0.15, 0.2) is 0 Å². The van der Waals surface area contributed by atoms with E-state index in [0.717, 1.165) is 40.1 Å². The fourth-order valence-electron chi connectivity index (χ4n) is 5.64. The molecule has 55 heavy (non-hydrogen) atoms. The summed E-state index contributed by atoms with van der Waals surface area (Å²) >= 11 is 0. The number of aryl methyl sites for hydroxylation is 3. The summed E-state index contributed by atoms with van der Waals surface area (Å²) in [5, 5.41) is 44.1. The Morgan fingerprint density at radius 3 is 1.71 bits per heavy atom. The van der Waals surface area contributed by atoms with Gasteiger partial charge in [-0.2, -0.15) is 27.1 Å². The second-order valence-electron chi connectivity index (χ2n) is 12.1. The Bertz CT molecular complexity index is 2750. The zero-order chi connectivity index (χ0) is 38.2. The molecule has 6 aromatic carbocycles. The summed E-state index contributed by atoms with van der Waals surface area (Å²) < 4.78 is 68.1. The third-order valence-electron chi connectivity index (χ3n) is 8.39. The molecule has 0 saturated heterocycles. The molecule has 5 N–H and O–H groups in total. The van der Waals surface area contributed by atoms with Crippen molar-refractivity contribution in [3.05, 3.63) is 114 Å². The van der Waals surface area contributed by atoms with Crippen LogP contribution in [0.2, 0.25) is 0 Å². The van der Waals surface area contributed by atoms with E-state index < -0.39 is 57.9 Å². The van der Waals surface area contributed by atoms with Gasteiger partial charge in [0, 0.05) is 16.5 Å². The molecular formula is C37H30N6Na2O8S2. The minimum atomic E-state index is -5.07. The molecule has 18 heteroatoms. The number of nitrogens with zero attached hydrogens (tertiary/aromatic N) is 4. The number of anilines is 3. The third-order valence-corrected chi connectivity index (χ3v) is 10.2. The predicted molar refractivity (Wildman–Crippen MR) is 197 cm³/mol. The van der Waals surface area contributed by atoms with Crippen molar-refractivity contribution in [1.82, 2.24) is 0 Å². The van der Waals surface area contributed by atoms with E-state index in [-0.39, 0.29) is 64.9 Å². The number of nitrogens with one attached hydrogen (secondary N) is 1. The molecule has 0 aliphatic rings. The zero-order valence-corrected chi connectivity index (χ0v) is 35.9.